The molecule has 0 saturated carbocycles. The number of nitrogens with zero attached hydrogens (tertiary/aromatic N) is 5. The SMILES string of the molecule is Bc1c(B)c(B)c2c(c1B)c1c(B)c(B)c(B)c(B)c1n2-c1cccc(-c2nc3cc(-c4nc(-c5ccccc5)nc(-c5ccccc5)n4)ccc3o2)c1. The molecule has 0 radical (unpaired) electrons. The summed E-state index contributed by atoms with van der Waals surface area (Å²) in [7, 11) is 18.1. The zero-order chi connectivity index (χ0) is 37.4. The molecule has 14 heteroatoms. The number of aromatic nitrogens is 5. The zero-order valence-electron chi connectivity index (χ0n) is 32.0. The molecular formula is C40H33B8N5O. The number of rotatable bonds is 5. The molecule has 0 atom stereocenters. The van der Waals surface area contributed by atoms with E-state index in [0.717, 1.165) is 33.5 Å². The summed E-state index contributed by atoms with van der Waals surface area (Å²) in [5.74, 6) is 2.38. The number of benzene rings is 6. The van der Waals surface area contributed by atoms with E-state index in [4.69, 9.17) is 24.4 Å². The van der Waals surface area contributed by atoms with E-state index >= 15 is 0 Å². The van der Waals surface area contributed by atoms with Crippen molar-refractivity contribution in [1.29, 1.82) is 0 Å². The fourth-order valence-corrected chi connectivity index (χ4v) is 8.03. The minimum absolute atomic E-state index is 0.565. The molecule has 0 saturated heterocycles. The van der Waals surface area contributed by atoms with Crippen LogP contribution in [0.4, 0.5) is 0 Å². The fraction of sp³-hybridized carbons (Fsp3) is 0. The van der Waals surface area contributed by atoms with Gasteiger partial charge in [0.15, 0.2) is 23.1 Å². The molecule has 0 aliphatic carbocycles. The number of oxazole rings is 1. The Morgan fingerprint density at radius 1 is 0.407 bits per heavy atom. The topological polar surface area (TPSA) is 69.6 Å². The molecule has 0 aliphatic heterocycles. The van der Waals surface area contributed by atoms with Gasteiger partial charge in [-0.1, -0.05) is 99.5 Å². The second-order valence-electron chi connectivity index (χ2n) is 14.6. The van der Waals surface area contributed by atoms with Crippen molar-refractivity contribution in [2.75, 3.05) is 0 Å². The Morgan fingerprint density at radius 2 is 0.889 bits per heavy atom. The van der Waals surface area contributed by atoms with E-state index < -0.39 is 0 Å². The second-order valence-corrected chi connectivity index (χ2v) is 14.6. The predicted octanol–water partition coefficient (Wildman–Crippen LogP) is -4.15. The van der Waals surface area contributed by atoms with Crippen LogP contribution < -0.4 is 43.7 Å². The van der Waals surface area contributed by atoms with Crippen LogP contribution >= 0.6 is 0 Å². The number of hydrogen-bond donors (Lipinski definition) is 0. The third-order valence-corrected chi connectivity index (χ3v) is 11.7. The highest BCUT2D eigenvalue weighted by molar-refractivity contribution is 6.71. The van der Waals surface area contributed by atoms with Crippen molar-refractivity contribution < 1.29 is 4.42 Å². The molecule has 6 aromatic carbocycles. The summed E-state index contributed by atoms with van der Waals surface area (Å²) in [5, 5.41) is 2.69. The van der Waals surface area contributed by atoms with E-state index in [2.05, 4.69) is 91.6 Å². The molecule has 6 nitrogen and oxygen atoms in total. The van der Waals surface area contributed by atoms with Gasteiger partial charge in [0, 0.05) is 39.0 Å². The van der Waals surface area contributed by atoms with Crippen LogP contribution in [0.25, 0.3) is 84.2 Å². The van der Waals surface area contributed by atoms with Crippen LogP contribution in [0.1, 0.15) is 0 Å². The highest BCUT2D eigenvalue weighted by Gasteiger charge is 2.24. The smallest absolute Gasteiger partial charge is 0.227 e. The molecule has 3 heterocycles. The van der Waals surface area contributed by atoms with E-state index in [0.29, 0.717) is 28.9 Å². The standard InChI is InChI=1S/C40H33B8N5O/c41-27-25-26-28(42)30(44)32(46)34(48)36(26)53(35(25)33(47)31(45)29(27)43)22-13-7-12-21(16-22)40-49-23-17-20(14-15-24(23)54-40)39-51-37(18-8-3-1-4-9-18)50-38(52-39)19-10-5-2-6-11-19/h1-17H,41-48H2. The highest BCUT2D eigenvalue weighted by atomic mass is 16.3. The van der Waals surface area contributed by atoms with E-state index in [9.17, 15) is 0 Å². The maximum absolute atomic E-state index is 6.46. The average molecular weight is 686 g/mol. The molecule has 0 N–H and O–H groups in total. The van der Waals surface area contributed by atoms with Crippen LogP contribution in [-0.4, -0.2) is 87.3 Å². The summed E-state index contributed by atoms with van der Waals surface area (Å²) in [6.45, 7) is 0. The second kappa shape index (κ2) is 12.9. The fourth-order valence-electron chi connectivity index (χ4n) is 8.03. The van der Waals surface area contributed by atoms with E-state index in [1.165, 1.54) is 65.5 Å². The van der Waals surface area contributed by atoms with E-state index in [-0.39, 0.29) is 0 Å². The minimum atomic E-state index is 0.565. The summed E-state index contributed by atoms with van der Waals surface area (Å²) in [5.41, 5.74) is 19.4. The molecule has 0 bridgehead atoms. The first-order valence-electron chi connectivity index (χ1n) is 18.5. The van der Waals surface area contributed by atoms with Crippen molar-refractivity contribution in [2.45, 2.75) is 0 Å². The number of fused-ring (bicyclic) bond motifs is 4. The van der Waals surface area contributed by atoms with Crippen molar-refractivity contribution in [1.82, 2.24) is 24.5 Å². The van der Waals surface area contributed by atoms with Crippen molar-refractivity contribution >= 4 is 139 Å². The van der Waals surface area contributed by atoms with Gasteiger partial charge in [-0.05, 0) is 47.2 Å². The van der Waals surface area contributed by atoms with Crippen LogP contribution in [0.15, 0.2) is 108 Å². The maximum Gasteiger partial charge on any atom is 0.227 e. The summed E-state index contributed by atoms with van der Waals surface area (Å²) in [6.07, 6.45) is 0. The first-order valence-corrected chi connectivity index (χ1v) is 18.5. The third kappa shape index (κ3) is 5.30. The maximum atomic E-state index is 6.46. The van der Waals surface area contributed by atoms with E-state index in [1.807, 2.05) is 78.9 Å². The quantitative estimate of drug-likeness (QED) is 0.172. The Hall–Kier alpha value is -5.88. The Bertz CT molecular complexity index is 2850. The minimum Gasteiger partial charge on any atom is -0.436 e. The molecule has 0 aliphatic rings. The van der Waals surface area contributed by atoms with Gasteiger partial charge >= 0.3 is 0 Å². The van der Waals surface area contributed by atoms with Crippen LogP contribution in [0.5, 0.6) is 0 Å². The first kappa shape index (κ1) is 33.9. The average Bonchev–Trinajstić information content (AvgIpc) is 3.81. The highest BCUT2D eigenvalue weighted by Crippen LogP contribution is 2.32. The van der Waals surface area contributed by atoms with Gasteiger partial charge in [0.05, 0.1) is 0 Å². The lowest BCUT2D eigenvalue weighted by Gasteiger charge is -2.17. The Morgan fingerprint density at radius 3 is 1.43 bits per heavy atom. The summed E-state index contributed by atoms with van der Waals surface area (Å²) in [6, 6.07) is 34.6. The van der Waals surface area contributed by atoms with Gasteiger partial charge in [-0.25, -0.2) is 19.9 Å². The Kier molecular flexibility index (Phi) is 8.11. The Labute approximate surface area is 321 Å². The predicted molar refractivity (Wildman–Crippen MR) is 249 cm³/mol. The molecule has 9 rings (SSSR count). The first-order chi connectivity index (χ1) is 26.1. The van der Waals surface area contributed by atoms with Crippen molar-refractivity contribution in [3.63, 3.8) is 0 Å². The molecular weight excluding hydrogens is 653 g/mol. The van der Waals surface area contributed by atoms with Crippen molar-refractivity contribution in [2.24, 2.45) is 0 Å². The van der Waals surface area contributed by atoms with Gasteiger partial charge in [0.1, 0.15) is 68.3 Å². The van der Waals surface area contributed by atoms with Crippen LogP contribution in [0.3, 0.4) is 0 Å². The third-order valence-electron chi connectivity index (χ3n) is 11.7. The van der Waals surface area contributed by atoms with Gasteiger partial charge in [-0.3, -0.25) is 0 Å². The van der Waals surface area contributed by atoms with Crippen LogP contribution in [0.2, 0.25) is 0 Å². The molecule has 0 spiro atoms. The Balaban J connectivity index is 1.19. The van der Waals surface area contributed by atoms with Gasteiger partial charge in [0.2, 0.25) is 5.89 Å². The molecule has 54 heavy (non-hydrogen) atoms. The van der Waals surface area contributed by atoms with E-state index in [1.54, 1.807) is 0 Å². The van der Waals surface area contributed by atoms with Crippen molar-refractivity contribution in [3.05, 3.63) is 103 Å². The molecule has 9 aromatic rings. The lowest BCUT2D eigenvalue weighted by molar-refractivity contribution is 0.620. The van der Waals surface area contributed by atoms with Gasteiger partial charge in [0.25, 0.3) is 0 Å². The summed E-state index contributed by atoms with van der Waals surface area (Å²) < 4.78 is 8.94. The van der Waals surface area contributed by atoms with Gasteiger partial charge in [-0.2, -0.15) is 0 Å². The molecule has 3 aromatic heterocycles. The molecule has 0 fully saturated rings. The summed E-state index contributed by atoms with van der Waals surface area (Å²) >= 11 is 0. The molecule has 0 unspecified atom stereocenters. The van der Waals surface area contributed by atoms with Crippen molar-refractivity contribution in [3.8, 4) is 51.3 Å². The zero-order valence-corrected chi connectivity index (χ0v) is 32.0. The normalized spacial score (nSPS) is 11.6. The largest absolute Gasteiger partial charge is 0.436 e. The monoisotopic (exact) mass is 687 g/mol. The molecule has 0 amide bonds. The lowest BCUT2D eigenvalue weighted by Crippen LogP contribution is -2.49. The molecule has 248 valence electrons. The van der Waals surface area contributed by atoms with Crippen LogP contribution in [-0.2, 0) is 0 Å². The van der Waals surface area contributed by atoms with Gasteiger partial charge < -0.3 is 8.98 Å². The van der Waals surface area contributed by atoms with Gasteiger partial charge in [-0.15, -0.1) is 10.9 Å². The number of hydrogen-bond acceptors (Lipinski definition) is 5. The summed E-state index contributed by atoms with van der Waals surface area (Å²) in [4.78, 5) is 19.8. The van der Waals surface area contributed by atoms with Crippen LogP contribution in [0, 0.1) is 0 Å². The lowest BCUT2D eigenvalue weighted by atomic mass is 9.63.